The van der Waals surface area contributed by atoms with Gasteiger partial charge in [-0.3, -0.25) is 4.57 Å². The fourth-order valence-corrected chi connectivity index (χ4v) is 5.44. The van der Waals surface area contributed by atoms with Crippen LogP contribution in [0.25, 0.3) is 0 Å². The first-order chi connectivity index (χ1) is 8.07. The molecular formula is C12H26NO2PS. The molecule has 0 amide bonds. The Morgan fingerprint density at radius 1 is 1.29 bits per heavy atom. The summed E-state index contributed by atoms with van der Waals surface area (Å²) in [6.07, 6.45) is 4.90. The summed E-state index contributed by atoms with van der Waals surface area (Å²) in [6, 6.07) is 0. The van der Waals surface area contributed by atoms with E-state index in [1.165, 1.54) is 24.2 Å². The number of hydrogen-bond acceptors (Lipinski definition) is 4. The molecular weight excluding hydrogens is 253 g/mol. The molecule has 5 heteroatoms. The van der Waals surface area contributed by atoms with Crippen LogP contribution in [0.1, 0.15) is 39.5 Å². The van der Waals surface area contributed by atoms with Crippen LogP contribution < -0.4 is 0 Å². The Balaban J connectivity index is 2.21. The molecule has 0 aliphatic heterocycles. The number of rotatable bonds is 8. The lowest BCUT2D eigenvalue weighted by atomic mass is 10.3. The molecule has 0 unspecified atom stereocenters. The highest BCUT2D eigenvalue weighted by Gasteiger charge is 2.25. The largest absolute Gasteiger partial charge is 0.318 e. The lowest BCUT2D eigenvalue weighted by Crippen LogP contribution is -2.25. The van der Waals surface area contributed by atoms with Gasteiger partial charge >= 0.3 is 0 Å². The highest BCUT2D eigenvalue weighted by atomic mass is 32.7. The molecule has 102 valence electrons. The molecule has 1 fully saturated rings. The molecule has 1 aliphatic rings. The van der Waals surface area contributed by atoms with Crippen molar-refractivity contribution in [2.75, 3.05) is 32.1 Å². The van der Waals surface area contributed by atoms with Crippen molar-refractivity contribution in [3.8, 4) is 0 Å². The molecule has 0 radical (unpaired) electrons. The summed E-state index contributed by atoms with van der Waals surface area (Å²) in [5.74, 6) is 0.905. The zero-order chi connectivity index (χ0) is 12.7. The van der Waals surface area contributed by atoms with Gasteiger partial charge in [0, 0.05) is 19.0 Å². The molecule has 0 saturated heterocycles. The molecule has 0 heterocycles. The van der Waals surface area contributed by atoms with Crippen molar-refractivity contribution in [3.05, 3.63) is 0 Å². The van der Waals surface area contributed by atoms with E-state index < -0.39 is 6.57 Å². The summed E-state index contributed by atoms with van der Waals surface area (Å²) < 4.78 is 18.0. The molecule has 0 aromatic carbocycles. The predicted molar refractivity (Wildman–Crippen MR) is 77.1 cm³/mol. The first-order valence-electron chi connectivity index (χ1n) is 6.70. The summed E-state index contributed by atoms with van der Waals surface area (Å²) >= 11 is 1.52. The summed E-state index contributed by atoms with van der Waals surface area (Å²) in [5.41, 5.74) is 0. The Bertz CT molecular complexity index is 253. The second-order valence-corrected chi connectivity index (χ2v) is 9.83. The SMILES string of the molecule is CCN(CC)CCS[P@](C)(=O)OC1CCCC1. The molecule has 0 bridgehead atoms. The van der Waals surface area contributed by atoms with Crippen LogP contribution in [0.15, 0.2) is 0 Å². The van der Waals surface area contributed by atoms with E-state index >= 15 is 0 Å². The van der Waals surface area contributed by atoms with Gasteiger partial charge in [0.25, 0.3) is 6.57 Å². The summed E-state index contributed by atoms with van der Waals surface area (Å²) in [5, 5.41) is 0. The van der Waals surface area contributed by atoms with Crippen LogP contribution in [-0.2, 0) is 9.09 Å². The van der Waals surface area contributed by atoms with Gasteiger partial charge in [0.1, 0.15) is 0 Å². The van der Waals surface area contributed by atoms with Crippen molar-refractivity contribution in [2.24, 2.45) is 0 Å². The molecule has 0 spiro atoms. The minimum absolute atomic E-state index is 0.256. The van der Waals surface area contributed by atoms with Crippen LogP contribution in [0.3, 0.4) is 0 Å². The highest BCUT2D eigenvalue weighted by Crippen LogP contribution is 2.58. The normalized spacial score (nSPS) is 20.9. The minimum atomic E-state index is -2.43. The Hall–Kier alpha value is 0.500. The van der Waals surface area contributed by atoms with E-state index in [4.69, 9.17) is 4.52 Å². The molecule has 1 saturated carbocycles. The third-order valence-corrected chi connectivity index (χ3v) is 7.00. The second kappa shape index (κ2) is 7.83. The molecule has 1 atom stereocenters. The standard InChI is InChI=1S/C12H26NO2PS/c1-4-13(5-2)10-11-17-16(3,14)15-12-8-6-7-9-12/h12H,4-11H2,1-3H3/t16-/m1/s1. The van der Waals surface area contributed by atoms with Gasteiger partial charge in [0.05, 0.1) is 6.10 Å². The highest BCUT2D eigenvalue weighted by molar-refractivity contribution is 8.56. The first-order valence-corrected chi connectivity index (χ1v) is 10.4. The average Bonchev–Trinajstić information content (AvgIpc) is 2.76. The van der Waals surface area contributed by atoms with E-state index in [0.717, 1.165) is 38.2 Å². The van der Waals surface area contributed by atoms with E-state index in [9.17, 15) is 4.57 Å². The smallest absolute Gasteiger partial charge is 0.255 e. The summed E-state index contributed by atoms with van der Waals surface area (Å²) in [7, 11) is 0. The van der Waals surface area contributed by atoms with Crippen LogP contribution in [0.4, 0.5) is 0 Å². The maximum atomic E-state index is 12.3. The second-order valence-electron chi connectivity index (χ2n) is 4.64. The lowest BCUT2D eigenvalue weighted by molar-refractivity contribution is 0.222. The average molecular weight is 279 g/mol. The van der Waals surface area contributed by atoms with Crippen LogP contribution in [0.5, 0.6) is 0 Å². The first kappa shape index (κ1) is 15.6. The quantitative estimate of drug-likeness (QED) is 0.631. The minimum Gasteiger partial charge on any atom is -0.318 e. The van der Waals surface area contributed by atoms with E-state index in [0.29, 0.717) is 0 Å². The summed E-state index contributed by atoms with van der Waals surface area (Å²) in [6.45, 7) is 6.80. The van der Waals surface area contributed by atoms with E-state index in [1.807, 2.05) is 0 Å². The third-order valence-electron chi connectivity index (χ3n) is 3.27. The number of hydrogen-bond donors (Lipinski definition) is 0. The van der Waals surface area contributed by atoms with Crippen molar-refractivity contribution in [3.63, 3.8) is 0 Å². The van der Waals surface area contributed by atoms with Gasteiger partial charge in [0.15, 0.2) is 0 Å². The van der Waals surface area contributed by atoms with Gasteiger partial charge in [0.2, 0.25) is 0 Å². The van der Waals surface area contributed by atoms with Crippen molar-refractivity contribution in [2.45, 2.75) is 45.6 Å². The van der Waals surface area contributed by atoms with Gasteiger partial charge in [-0.2, -0.15) is 0 Å². The van der Waals surface area contributed by atoms with E-state index in [2.05, 4.69) is 18.7 Å². The van der Waals surface area contributed by atoms with Crippen molar-refractivity contribution in [1.29, 1.82) is 0 Å². The monoisotopic (exact) mass is 279 g/mol. The molecule has 17 heavy (non-hydrogen) atoms. The fourth-order valence-electron chi connectivity index (χ4n) is 2.17. The zero-order valence-electron chi connectivity index (χ0n) is 11.4. The summed E-state index contributed by atoms with van der Waals surface area (Å²) in [4.78, 5) is 2.35. The van der Waals surface area contributed by atoms with Gasteiger partial charge < -0.3 is 9.42 Å². The molecule has 1 aliphatic carbocycles. The van der Waals surface area contributed by atoms with E-state index in [1.54, 1.807) is 6.66 Å². The van der Waals surface area contributed by atoms with Gasteiger partial charge in [-0.25, -0.2) is 0 Å². The third kappa shape index (κ3) is 6.28. The maximum absolute atomic E-state index is 12.3. The Morgan fingerprint density at radius 3 is 2.41 bits per heavy atom. The van der Waals surface area contributed by atoms with Crippen molar-refractivity contribution >= 4 is 18.0 Å². The van der Waals surface area contributed by atoms with Gasteiger partial charge in [-0.05, 0) is 25.9 Å². The van der Waals surface area contributed by atoms with Gasteiger partial charge in [-0.1, -0.05) is 38.1 Å². The van der Waals surface area contributed by atoms with Crippen LogP contribution >= 0.6 is 18.0 Å². The van der Waals surface area contributed by atoms with Gasteiger partial charge in [-0.15, -0.1) is 0 Å². The predicted octanol–water partition coefficient (Wildman–Crippen LogP) is 3.84. The molecule has 0 N–H and O–H groups in total. The fraction of sp³-hybridized carbons (Fsp3) is 1.00. The topological polar surface area (TPSA) is 29.5 Å². The maximum Gasteiger partial charge on any atom is 0.255 e. The molecule has 0 aromatic heterocycles. The van der Waals surface area contributed by atoms with Crippen LogP contribution in [0.2, 0.25) is 0 Å². The van der Waals surface area contributed by atoms with Crippen LogP contribution in [-0.4, -0.2) is 43.1 Å². The molecule has 1 rings (SSSR count). The lowest BCUT2D eigenvalue weighted by Gasteiger charge is -2.21. The van der Waals surface area contributed by atoms with Crippen molar-refractivity contribution in [1.82, 2.24) is 4.90 Å². The molecule has 3 nitrogen and oxygen atoms in total. The Morgan fingerprint density at radius 2 is 1.88 bits per heavy atom. The Kier molecular flexibility index (Phi) is 7.17. The van der Waals surface area contributed by atoms with Crippen molar-refractivity contribution < 1.29 is 9.09 Å². The Labute approximate surface area is 110 Å². The zero-order valence-corrected chi connectivity index (χ0v) is 13.1. The number of nitrogens with zero attached hydrogens (tertiary/aromatic N) is 1. The van der Waals surface area contributed by atoms with E-state index in [-0.39, 0.29) is 6.10 Å². The molecule has 0 aromatic rings. The van der Waals surface area contributed by atoms with Crippen LogP contribution in [0, 0.1) is 0 Å².